The van der Waals surface area contributed by atoms with Crippen molar-refractivity contribution >= 4 is 22.9 Å². The topological polar surface area (TPSA) is 61.8 Å². The van der Waals surface area contributed by atoms with E-state index < -0.39 is 0 Å². The van der Waals surface area contributed by atoms with E-state index in [-0.39, 0.29) is 23.9 Å². The second-order valence-electron chi connectivity index (χ2n) is 8.04. The molecule has 2 aromatic carbocycles. The van der Waals surface area contributed by atoms with Gasteiger partial charge in [0.2, 0.25) is 0 Å². The summed E-state index contributed by atoms with van der Waals surface area (Å²) in [4.78, 5) is 14.9. The van der Waals surface area contributed by atoms with Crippen molar-refractivity contribution in [2.24, 2.45) is 0 Å². The molecule has 0 saturated carbocycles. The Hall–Kier alpha value is -2.70. The van der Waals surface area contributed by atoms with Crippen LogP contribution in [-0.4, -0.2) is 35.1 Å². The lowest BCUT2D eigenvalue weighted by Crippen LogP contribution is -2.35. The van der Waals surface area contributed by atoms with Crippen molar-refractivity contribution in [1.82, 2.24) is 4.90 Å². The van der Waals surface area contributed by atoms with Crippen molar-refractivity contribution in [3.05, 3.63) is 64.5 Å². The first-order valence-corrected chi connectivity index (χ1v) is 10.1. The number of piperidine rings is 1. The molecule has 1 atom stereocenters. The van der Waals surface area contributed by atoms with Gasteiger partial charge in [0.25, 0.3) is 5.91 Å². The van der Waals surface area contributed by atoms with Gasteiger partial charge in [-0.3, -0.25) is 9.69 Å². The Bertz CT molecular complexity index is 1020. The maximum absolute atomic E-state index is 13.8. The van der Waals surface area contributed by atoms with Crippen LogP contribution in [0.4, 0.5) is 10.1 Å². The number of fused-ring (bicyclic) bond motifs is 2. The Labute approximate surface area is 168 Å². The Morgan fingerprint density at radius 1 is 1.17 bits per heavy atom. The van der Waals surface area contributed by atoms with Gasteiger partial charge in [0.1, 0.15) is 17.7 Å². The number of carbonyl (C=O) groups excluding carboxylic acids is 1. The molecule has 2 aromatic rings. The summed E-state index contributed by atoms with van der Waals surface area (Å²) in [5.74, 6) is -0.134. The van der Waals surface area contributed by atoms with Crippen molar-refractivity contribution in [3.63, 3.8) is 0 Å². The lowest BCUT2D eigenvalue weighted by atomic mass is 9.97. The molecule has 0 bridgehead atoms. The van der Waals surface area contributed by atoms with Crippen LogP contribution in [0.15, 0.2) is 36.4 Å². The molecular weight excluding hydrogens is 371 g/mol. The Kier molecular flexibility index (Phi) is 4.41. The number of ether oxygens (including phenoxy) is 1. The van der Waals surface area contributed by atoms with E-state index in [2.05, 4.69) is 22.3 Å². The molecule has 1 saturated heterocycles. The Balaban J connectivity index is 1.49. The third-order valence-electron chi connectivity index (χ3n) is 6.01. The molecule has 6 heteroatoms. The lowest BCUT2D eigenvalue weighted by molar-refractivity contribution is -0.110. The number of likely N-dealkylation sites (tertiary alicyclic amines) is 1. The highest BCUT2D eigenvalue weighted by atomic mass is 19.1. The van der Waals surface area contributed by atoms with E-state index in [1.807, 2.05) is 13.0 Å². The molecule has 1 amide bonds. The smallest absolute Gasteiger partial charge is 0.260 e. The standard InChI is InChI=1S/C23H23FN2O3/c1-13-18-10-14(12-26-8-6-16(27)7-9-26)2-4-17(18)22(29-13)21-19-11-15(24)3-5-20(19)25-23(21)28/h2-5,10-11,13,16,27H,6-9,12H2,1H3,(H,25,28)/b22-21+. The lowest BCUT2D eigenvalue weighted by Gasteiger charge is -2.29. The highest BCUT2D eigenvalue weighted by molar-refractivity contribution is 6.36. The summed E-state index contributed by atoms with van der Waals surface area (Å²) in [6, 6.07) is 10.5. The van der Waals surface area contributed by atoms with E-state index in [4.69, 9.17) is 4.74 Å². The number of nitrogens with one attached hydrogen (secondary N) is 1. The van der Waals surface area contributed by atoms with Crippen molar-refractivity contribution in [1.29, 1.82) is 0 Å². The average molecular weight is 394 g/mol. The Morgan fingerprint density at radius 2 is 1.97 bits per heavy atom. The molecule has 0 aliphatic carbocycles. The molecule has 1 fully saturated rings. The molecule has 0 spiro atoms. The number of aliphatic hydroxyl groups is 1. The minimum atomic E-state index is -0.383. The molecule has 3 aliphatic heterocycles. The van der Waals surface area contributed by atoms with E-state index in [1.54, 1.807) is 6.07 Å². The molecule has 1 unspecified atom stereocenters. The predicted octanol–water partition coefficient (Wildman–Crippen LogP) is 3.69. The van der Waals surface area contributed by atoms with Gasteiger partial charge in [0.05, 0.1) is 11.7 Å². The zero-order valence-corrected chi connectivity index (χ0v) is 16.2. The third kappa shape index (κ3) is 3.22. The van der Waals surface area contributed by atoms with Gasteiger partial charge in [0, 0.05) is 42.0 Å². The summed E-state index contributed by atoms with van der Waals surface area (Å²) in [6.45, 7) is 4.57. The molecule has 0 radical (unpaired) electrons. The first kappa shape index (κ1) is 18.3. The molecule has 3 heterocycles. The summed E-state index contributed by atoms with van der Waals surface area (Å²) < 4.78 is 19.9. The minimum Gasteiger partial charge on any atom is -0.484 e. The second kappa shape index (κ2) is 6.97. The number of halogens is 1. The summed E-state index contributed by atoms with van der Waals surface area (Å²) >= 11 is 0. The number of carbonyl (C=O) groups is 1. The largest absolute Gasteiger partial charge is 0.484 e. The van der Waals surface area contributed by atoms with E-state index >= 15 is 0 Å². The molecule has 5 rings (SSSR count). The van der Waals surface area contributed by atoms with Crippen LogP contribution in [0.1, 0.15) is 48.1 Å². The fraction of sp³-hybridized carbons (Fsp3) is 0.348. The van der Waals surface area contributed by atoms with E-state index in [0.29, 0.717) is 22.6 Å². The van der Waals surface area contributed by atoms with Gasteiger partial charge >= 0.3 is 0 Å². The maximum Gasteiger partial charge on any atom is 0.260 e. The Morgan fingerprint density at radius 3 is 2.76 bits per heavy atom. The molecule has 2 N–H and O–H groups in total. The summed E-state index contributed by atoms with van der Waals surface area (Å²) in [7, 11) is 0. The molecule has 150 valence electrons. The van der Waals surface area contributed by atoms with Gasteiger partial charge in [-0.2, -0.15) is 0 Å². The molecule has 0 aromatic heterocycles. The first-order valence-electron chi connectivity index (χ1n) is 10.1. The maximum atomic E-state index is 13.8. The van der Waals surface area contributed by atoms with Crippen LogP contribution in [0.2, 0.25) is 0 Å². The normalized spacial score (nSPS) is 24.2. The number of benzene rings is 2. The molecule has 29 heavy (non-hydrogen) atoms. The van der Waals surface area contributed by atoms with Gasteiger partial charge in [-0.25, -0.2) is 4.39 Å². The van der Waals surface area contributed by atoms with Crippen LogP contribution in [0.25, 0.3) is 11.3 Å². The number of aliphatic hydroxyl groups excluding tert-OH is 1. The van der Waals surface area contributed by atoms with Crippen molar-refractivity contribution in [3.8, 4) is 0 Å². The summed E-state index contributed by atoms with van der Waals surface area (Å²) in [6.07, 6.45) is 1.26. The van der Waals surface area contributed by atoms with Crippen LogP contribution in [-0.2, 0) is 16.1 Å². The van der Waals surface area contributed by atoms with Gasteiger partial charge in [-0.05, 0) is 43.5 Å². The number of nitrogens with zero attached hydrogens (tertiary/aromatic N) is 1. The third-order valence-corrected chi connectivity index (χ3v) is 6.01. The van der Waals surface area contributed by atoms with Crippen LogP contribution < -0.4 is 5.32 Å². The van der Waals surface area contributed by atoms with Crippen molar-refractivity contribution < 1.29 is 19.0 Å². The van der Waals surface area contributed by atoms with Crippen molar-refractivity contribution in [2.45, 2.75) is 38.5 Å². The molecule has 3 aliphatic rings. The monoisotopic (exact) mass is 394 g/mol. The van der Waals surface area contributed by atoms with Gasteiger partial charge in [-0.15, -0.1) is 0 Å². The number of amides is 1. The second-order valence-corrected chi connectivity index (χ2v) is 8.04. The summed E-state index contributed by atoms with van der Waals surface area (Å²) in [5.41, 5.74) is 4.65. The number of anilines is 1. The van der Waals surface area contributed by atoms with Gasteiger partial charge < -0.3 is 15.2 Å². The van der Waals surface area contributed by atoms with Crippen LogP contribution >= 0.6 is 0 Å². The van der Waals surface area contributed by atoms with Crippen LogP contribution in [0.5, 0.6) is 0 Å². The van der Waals surface area contributed by atoms with E-state index in [0.717, 1.165) is 43.6 Å². The van der Waals surface area contributed by atoms with Gasteiger partial charge in [0.15, 0.2) is 0 Å². The fourth-order valence-electron chi connectivity index (χ4n) is 4.45. The predicted molar refractivity (Wildman–Crippen MR) is 108 cm³/mol. The highest BCUT2D eigenvalue weighted by Gasteiger charge is 2.35. The van der Waals surface area contributed by atoms with Crippen LogP contribution in [0.3, 0.4) is 0 Å². The number of hydrogen-bond donors (Lipinski definition) is 2. The quantitative estimate of drug-likeness (QED) is 0.763. The SMILES string of the molecule is CC1O/C(=C2/C(=O)Nc3ccc(F)cc32)c2ccc(CN3CCC(O)CC3)cc21. The minimum absolute atomic E-state index is 0.180. The summed E-state index contributed by atoms with van der Waals surface area (Å²) in [5, 5.41) is 12.5. The van der Waals surface area contributed by atoms with E-state index in [9.17, 15) is 14.3 Å². The first-order chi connectivity index (χ1) is 14.0. The van der Waals surface area contributed by atoms with Gasteiger partial charge in [-0.1, -0.05) is 18.2 Å². The van der Waals surface area contributed by atoms with E-state index in [1.165, 1.54) is 17.7 Å². The number of hydrogen-bond acceptors (Lipinski definition) is 4. The van der Waals surface area contributed by atoms with Crippen molar-refractivity contribution in [2.75, 3.05) is 18.4 Å². The number of rotatable bonds is 2. The fourth-order valence-corrected chi connectivity index (χ4v) is 4.45. The highest BCUT2D eigenvalue weighted by Crippen LogP contribution is 2.45. The average Bonchev–Trinajstić information content (AvgIpc) is 3.19. The molecular formula is C23H23FN2O3. The molecule has 5 nitrogen and oxygen atoms in total. The zero-order valence-electron chi connectivity index (χ0n) is 16.2. The zero-order chi connectivity index (χ0) is 20.1. The van der Waals surface area contributed by atoms with Crippen LogP contribution in [0, 0.1) is 5.82 Å².